The molecule has 1 aliphatic carbocycles. The molecular formula is C28H29FN6O4. The molecule has 1 aromatic heterocycles. The molecule has 0 saturated heterocycles. The van der Waals surface area contributed by atoms with Crippen molar-refractivity contribution in [1.29, 1.82) is 0 Å². The number of benzene rings is 2. The second-order valence-corrected chi connectivity index (χ2v) is 9.48. The number of carbonyl (C=O) groups excluding carboxylic acids is 3. The molecule has 10 nitrogen and oxygen atoms in total. The standard InChI is InChI=1S/C28H29FN6O4/c1-15(2)34-35-28-32-23(25(36)30-14-17-5-9-21(29)16(3)11-17)13-24(33-28)26(37)31-22-10-7-18-12-19(27(38)39-4)6-8-20(18)22/h5-6,8-9,11-13,15,22H,7,10,14H2,1-4H3,(H,30,36)(H,31,37)/t22-/m0/s1. The Bertz CT molecular complexity index is 1460. The molecule has 0 saturated carbocycles. The van der Waals surface area contributed by atoms with Crippen LogP contribution < -0.4 is 10.6 Å². The van der Waals surface area contributed by atoms with Gasteiger partial charge in [0.05, 0.1) is 24.8 Å². The third-order valence-corrected chi connectivity index (χ3v) is 6.18. The van der Waals surface area contributed by atoms with Crippen molar-refractivity contribution in [2.75, 3.05) is 7.11 Å². The fraction of sp³-hybridized carbons (Fsp3) is 0.321. The lowest BCUT2D eigenvalue weighted by atomic mass is 10.0. The molecule has 1 heterocycles. The van der Waals surface area contributed by atoms with Crippen molar-refractivity contribution in [2.45, 2.75) is 52.2 Å². The Morgan fingerprint density at radius 1 is 1.08 bits per heavy atom. The lowest BCUT2D eigenvalue weighted by Crippen LogP contribution is -2.29. The van der Waals surface area contributed by atoms with Gasteiger partial charge in [0.1, 0.15) is 17.2 Å². The number of amides is 2. The summed E-state index contributed by atoms with van der Waals surface area (Å²) in [5.41, 5.74) is 3.39. The number of fused-ring (bicyclic) bond motifs is 1. The Kier molecular flexibility index (Phi) is 8.38. The van der Waals surface area contributed by atoms with Crippen LogP contribution in [-0.2, 0) is 17.7 Å². The van der Waals surface area contributed by atoms with Crippen LogP contribution in [0.1, 0.15) is 79.9 Å². The summed E-state index contributed by atoms with van der Waals surface area (Å²) < 4.78 is 18.4. The predicted molar refractivity (Wildman–Crippen MR) is 140 cm³/mol. The van der Waals surface area contributed by atoms with Gasteiger partial charge in [-0.1, -0.05) is 18.2 Å². The summed E-state index contributed by atoms with van der Waals surface area (Å²) in [6.07, 6.45) is 1.32. The van der Waals surface area contributed by atoms with E-state index in [0.29, 0.717) is 29.5 Å². The molecule has 1 aliphatic rings. The fourth-order valence-electron chi connectivity index (χ4n) is 4.21. The molecule has 0 aliphatic heterocycles. The molecule has 11 heteroatoms. The molecule has 0 radical (unpaired) electrons. The normalized spacial score (nSPS) is 14.4. The highest BCUT2D eigenvalue weighted by molar-refractivity contribution is 5.98. The lowest BCUT2D eigenvalue weighted by molar-refractivity contribution is 0.0600. The molecule has 0 fully saturated rings. The Hall–Kier alpha value is -4.54. The minimum Gasteiger partial charge on any atom is -0.465 e. The van der Waals surface area contributed by atoms with E-state index in [2.05, 4.69) is 30.8 Å². The number of aromatic nitrogens is 2. The molecule has 39 heavy (non-hydrogen) atoms. The van der Waals surface area contributed by atoms with E-state index in [-0.39, 0.29) is 41.8 Å². The zero-order valence-electron chi connectivity index (χ0n) is 22.1. The minimum atomic E-state index is -0.545. The molecule has 3 aromatic rings. The number of carbonyl (C=O) groups is 3. The third-order valence-electron chi connectivity index (χ3n) is 6.18. The second-order valence-electron chi connectivity index (χ2n) is 9.48. The van der Waals surface area contributed by atoms with Crippen LogP contribution in [0.3, 0.4) is 0 Å². The first-order valence-corrected chi connectivity index (χ1v) is 12.5. The zero-order valence-corrected chi connectivity index (χ0v) is 22.1. The van der Waals surface area contributed by atoms with Gasteiger partial charge >= 0.3 is 5.97 Å². The van der Waals surface area contributed by atoms with Gasteiger partial charge in [-0.25, -0.2) is 19.2 Å². The van der Waals surface area contributed by atoms with Crippen LogP contribution in [0.25, 0.3) is 0 Å². The molecule has 1 atom stereocenters. The van der Waals surface area contributed by atoms with Gasteiger partial charge in [0.2, 0.25) is 0 Å². The highest BCUT2D eigenvalue weighted by Gasteiger charge is 2.26. The van der Waals surface area contributed by atoms with Crippen molar-refractivity contribution >= 4 is 23.7 Å². The lowest BCUT2D eigenvalue weighted by Gasteiger charge is -2.15. The van der Waals surface area contributed by atoms with Gasteiger partial charge in [-0.2, -0.15) is 5.11 Å². The Morgan fingerprint density at radius 3 is 2.51 bits per heavy atom. The average Bonchev–Trinajstić information content (AvgIpc) is 3.33. The van der Waals surface area contributed by atoms with Crippen molar-refractivity contribution < 1.29 is 23.5 Å². The van der Waals surface area contributed by atoms with Gasteiger partial charge in [-0.15, -0.1) is 5.11 Å². The second kappa shape index (κ2) is 11.9. The first-order chi connectivity index (χ1) is 18.6. The molecule has 2 N–H and O–H groups in total. The van der Waals surface area contributed by atoms with Gasteiger partial charge < -0.3 is 15.4 Å². The molecule has 4 rings (SSSR count). The summed E-state index contributed by atoms with van der Waals surface area (Å²) >= 11 is 0. The monoisotopic (exact) mass is 532 g/mol. The van der Waals surface area contributed by atoms with Gasteiger partial charge in [-0.05, 0) is 74.1 Å². The number of halogens is 1. The number of aryl methyl sites for hydroxylation is 2. The van der Waals surface area contributed by atoms with Crippen molar-refractivity contribution in [2.24, 2.45) is 10.2 Å². The summed E-state index contributed by atoms with van der Waals surface area (Å²) in [5.74, 6) is -1.92. The van der Waals surface area contributed by atoms with E-state index in [9.17, 15) is 18.8 Å². The highest BCUT2D eigenvalue weighted by atomic mass is 19.1. The van der Waals surface area contributed by atoms with E-state index in [1.165, 1.54) is 19.2 Å². The Labute approximate surface area is 225 Å². The van der Waals surface area contributed by atoms with Crippen LogP contribution in [0.5, 0.6) is 0 Å². The molecule has 0 bridgehead atoms. The number of nitrogens with zero attached hydrogens (tertiary/aromatic N) is 4. The summed E-state index contributed by atoms with van der Waals surface area (Å²) in [5, 5.41) is 13.7. The number of nitrogens with one attached hydrogen (secondary N) is 2. The smallest absolute Gasteiger partial charge is 0.337 e. The molecular weight excluding hydrogens is 503 g/mol. The van der Waals surface area contributed by atoms with E-state index >= 15 is 0 Å². The van der Waals surface area contributed by atoms with E-state index in [0.717, 1.165) is 11.1 Å². The van der Waals surface area contributed by atoms with Gasteiger partial charge in [0, 0.05) is 12.6 Å². The molecule has 2 amide bonds. The number of hydrogen-bond acceptors (Lipinski definition) is 8. The van der Waals surface area contributed by atoms with Crippen molar-refractivity contribution in [3.63, 3.8) is 0 Å². The Morgan fingerprint density at radius 2 is 1.82 bits per heavy atom. The topological polar surface area (TPSA) is 135 Å². The first-order valence-electron chi connectivity index (χ1n) is 12.5. The summed E-state index contributed by atoms with van der Waals surface area (Å²) in [7, 11) is 1.33. The molecule has 202 valence electrons. The van der Waals surface area contributed by atoms with Crippen molar-refractivity contribution in [1.82, 2.24) is 20.6 Å². The number of hydrogen-bond donors (Lipinski definition) is 2. The van der Waals surface area contributed by atoms with Crippen LogP contribution in [0, 0.1) is 12.7 Å². The van der Waals surface area contributed by atoms with Crippen LogP contribution in [0.15, 0.2) is 52.7 Å². The number of azo groups is 1. The summed E-state index contributed by atoms with van der Waals surface area (Å²) in [4.78, 5) is 46.4. The van der Waals surface area contributed by atoms with E-state index in [4.69, 9.17) is 4.74 Å². The van der Waals surface area contributed by atoms with Crippen molar-refractivity contribution in [3.05, 3.63) is 87.5 Å². The minimum absolute atomic E-state index is 0.0369. The number of esters is 1. The summed E-state index contributed by atoms with van der Waals surface area (Å²) in [6.45, 7) is 5.42. The van der Waals surface area contributed by atoms with Crippen LogP contribution in [0.4, 0.5) is 10.3 Å². The molecule has 0 unspecified atom stereocenters. The highest BCUT2D eigenvalue weighted by Crippen LogP contribution is 2.32. The number of ether oxygens (including phenoxy) is 1. The predicted octanol–water partition coefficient (Wildman–Crippen LogP) is 4.55. The third kappa shape index (κ3) is 6.67. The maximum atomic E-state index is 13.6. The quantitative estimate of drug-likeness (QED) is 0.323. The van der Waals surface area contributed by atoms with Crippen LogP contribution in [-0.4, -0.2) is 40.9 Å². The summed E-state index contributed by atoms with van der Waals surface area (Å²) in [6, 6.07) is 10.7. The van der Waals surface area contributed by atoms with Crippen LogP contribution in [0.2, 0.25) is 0 Å². The van der Waals surface area contributed by atoms with E-state index in [1.807, 2.05) is 13.8 Å². The zero-order chi connectivity index (χ0) is 28.1. The van der Waals surface area contributed by atoms with Crippen molar-refractivity contribution in [3.8, 4) is 0 Å². The van der Waals surface area contributed by atoms with Crippen LogP contribution >= 0.6 is 0 Å². The van der Waals surface area contributed by atoms with E-state index < -0.39 is 17.8 Å². The van der Waals surface area contributed by atoms with Gasteiger partial charge in [-0.3, -0.25) is 9.59 Å². The SMILES string of the molecule is COC(=O)c1ccc2c(c1)CC[C@@H]2NC(=O)c1cc(C(=O)NCc2ccc(F)c(C)c2)nc(N=NC(C)C)n1. The average molecular weight is 533 g/mol. The van der Waals surface area contributed by atoms with Gasteiger partial charge in [0.15, 0.2) is 0 Å². The maximum absolute atomic E-state index is 13.6. The fourth-order valence-corrected chi connectivity index (χ4v) is 4.21. The number of methoxy groups -OCH3 is 1. The maximum Gasteiger partial charge on any atom is 0.337 e. The number of rotatable bonds is 8. The Balaban J connectivity index is 1.54. The molecule has 0 spiro atoms. The van der Waals surface area contributed by atoms with E-state index in [1.54, 1.807) is 37.3 Å². The van der Waals surface area contributed by atoms with Gasteiger partial charge in [0.25, 0.3) is 17.8 Å². The molecule has 2 aromatic carbocycles. The first kappa shape index (κ1) is 27.5. The largest absolute Gasteiger partial charge is 0.465 e.